The summed E-state index contributed by atoms with van der Waals surface area (Å²) in [5.41, 5.74) is 1.29. The molecule has 3 aromatic rings. The number of amides is 1. The highest BCUT2D eigenvalue weighted by Crippen LogP contribution is 2.26. The molecule has 180 valence electrons. The maximum atomic E-state index is 13.4. The summed E-state index contributed by atoms with van der Waals surface area (Å²) < 4.78 is 51.6. The minimum Gasteiger partial charge on any atom is -0.497 e. The van der Waals surface area contributed by atoms with Gasteiger partial charge in [-0.25, -0.2) is 12.8 Å². The second kappa shape index (κ2) is 11.5. The van der Waals surface area contributed by atoms with Gasteiger partial charge in [-0.2, -0.15) is 0 Å². The van der Waals surface area contributed by atoms with Crippen molar-refractivity contribution >= 4 is 21.6 Å². The molecular formula is C25H27FN2O5S. The number of nitrogens with zero attached hydrogens (tertiary/aromatic N) is 1. The Morgan fingerprint density at radius 1 is 0.941 bits per heavy atom. The quantitative estimate of drug-likeness (QED) is 0.446. The van der Waals surface area contributed by atoms with Gasteiger partial charge in [0, 0.05) is 6.54 Å². The fraction of sp³-hybridized carbons (Fsp3) is 0.240. The number of hydrogen-bond donors (Lipinski definition) is 1. The average Bonchev–Trinajstić information content (AvgIpc) is 2.84. The van der Waals surface area contributed by atoms with Gasteiger partial charge in [-0.3, -0.25) is 9.10 Å². The van der Waals surface area contributed by atoms with Crippen LogP contribution in [-0.4, -0.2) is 41.1 Å². The molecule has 0 atom stereocenters. The van der Waals surface area contributed by atoms with Gasteiger partial charge in [0.05, 0.1) is 24.3 Å². The van der Waals surface area contributed by atoms with Crippen molar-refractivity contribution in [3.05, 3.63) is 84.2 Å². The average molecular weight is 487 g/mol. The largest absolute Gasteiger partial charge is 0.497 e. The van der Waals surface area contributed by atoms with E-state index in [2.05, 4.69) is 5.32 Å². The van der Waals surface area contributed by atoms with E-state index in [1.54, 1.807) is 31.4 Å². The third kappa shape index (κ3) is 6.48. The van der Waals surface area contributed by atoms with Crippen LogP contribution >= 0.6 is 0 Å². The molecule has 0 aliphatic rings. The molecule has 1 N–H and O–H groups in total. The Morgan fingerprint density at radius 2 is 1.56 bits per heavy atom. The number of benzene rings is 3. The molecule has 9 heteroatoms. The molecule has 0 fully saturated rings. The Bertz CT molecular complexity index is 1180. The molecule has 0 aromatic heterocycles. The van der Waals surface area contributed by atoms with E-state index in [9.17, 15) is 17.6 Å². The number of anilines is 1. The molecule has 34 heavy (non-hydrogen) atoms. The van der Waals surface area contributed by atoms with Gasteiger partial charge < -0.3 is 14.8 Å². The van der Waals surface area contributed by atoms with Crippen molar-refractivity contribution in [1.82, 2.24) is 5.32 Å². The number of halogens is 1. The minimum atomic E-state index is -4.12. The molecule has 0 aliphatic carbocycles. The Balaban J connectivity index is 1.75. The Kier molecular flexibility index (Phi) is 8.48. The van der Waals surface area contributed by atoms with Gasteiger partial charge in [-0.05, 0) is 79.6 Å². The van der Waals surface area contributed by atoms with Crippen LogP contribution < -0.4 is 19.1 Å². The van der Waals surface area contributed by atoms with Gasteiger partial charge in [-0.1, -0.05) is 12.1 Å². The van der Waals surface area contributed by atoms with Crippen molar-refractivity contribution < 1.29 is 27.1 Å². The SMILES string of the molecule is CCOc1ccc(N(CC(=O)NCCc2ccc(OC)cc2)S(=O)(=O)c2ccc(F)cc2)cc1. The molecule has 3 rings (SSSR count). The Labute approximate surface area is 199 Å². The standard InChI is InChI=1S/C25H27FN2O5S/c1-3-33-23-12-8-21(9-13-23)28(34(30,31)24-14-6-20(26)7-15-24)18-25(29)27-17-16-19-4-10-22(32-2)11-5-19/h4-15H,3,16-18H2,1-2H3,(H,27,29). The van der Waals surface area contributed by atoms with Crippen molar-refractivity contribution in [1.29, 1.82) is 0 Å². The van der Waals surface area contributed by atoms with Crippen LogP contribution in [0.3, 0.4) is 0 Å². The smallest absolute Gasteiger partial charge is 0.264 e. The number of rotatable bonds is 11. The van der Waals surface area contributed by atoms with Crippen molar-refractivity contribution in [3.8, 4) is 11.5 Å². The molecule has 0 heterocycles. The molecule has 0 unspecified atom stereocenters. The summed E-state index contributed by atoms with van der Waals surface area (Å²) in [6, 6.07) is 18.3. The van der Waals surface area contributed by atoms with Gasteiger partial charge in [0.15, 0.2) is 0 Å². The van der Waals surface area contributed by atoms with Crippen molar-refractivity contribution in [2.75, 3.05) is 31.1 Å². The second-order valence-corrected chi connectivity index (χ2v) is 9.20. The lowest BCUT2D eigenvalue weighted by molar-refractivity contribution is -0.119. The van der Waals surface area contributed by atoms with Crippen molar-refractivity contribution in [3.63, 3.8) is 0 Å². The van der Waals surface area contributed by atoms with Crippen LogP contribution in [0.1, 0.15) is 12.5 Å². The van der Waals surface area contributed by atoms with Crippen LogP contribution in [0.15, 0.2) is 77.7 Å². The normalized spacial score (nSPS) is 11.0. The van der Waals surface area contributed by atoms with E-state index in [-0.39, 0.29) is 10.6 Å². The molecule has 1 amide bonds. The topological polar surface area (TPSA) is 84.9 Å². The number of nitrogens with one attached hydrogen (secondary N) is 1. The van der Waals surface area contributed by atoms with E-state index >= 15 is 0 Å². The molecule has 0 saturated heterocycles. The number of sulfonamides is 1. The first-order chi connectivity index (χ1) is 16.3. The fourth-order valence-corrected chi connectivity index (χ4v) is 4.67. The molecule has 0 saturated carbocycles. The fourth-order valence-electron chi connectivity index (χ4n) is 3.25. The molecule has 0 radical (unpaired) electrons. The monoisotopic (exact) mass is 486 g/mol. The summed E-state index contributed by atoms with van der Waals surface area (Å²) in [7, 11) is -2.54. The van der Waals surface area contributed by atoms with Crippen molar-refractivity contribution in [2.45, 2.75) is 18.2 Å². The highest BCUT2D eigenvalue weighted by molar-refractivity contribution is 7.92. The number of ether oxygens (including phenoxy) is 2. The zero-order chi connectivity index (χ0) is 24.6. The second-order valence-electron chi connectivity index (χ2n) is 7.34. The van der Waals surface area contributed by atoms with Crippen LogP contribution in [0, 0.1) is 5.82 Å². The van der Waals surface area contributed by atoms with Crippen LogP contribution in [0.25, 0.3) is 0 Å². The number of methoxy groups -OCH3 is 1. The summed E-state index contributed by atoms with van der Waals surface area (Å²) in [6.45, 7) is 2.21. The molecule has 7 nitrogen and oxygen atoms in total. The third-order valence-corrected chi connectivity index (χ3v) is 6.81. The molecule has 3 aromatic carbocycles. The summed E-state index contributed by atoms with van der Waals surface area (Å²) in [4.78, 5) is 12.6. The third-order valence-electron chi connectivity index (χ3n) is 5.02. The highest BCUT2D eigenvalue weighted by Gasteiger charge is 2.27. The summed E-state index contributed by atoms with van der Waals surface area (Å²) >= 11 is 0. The lowest BCUT2D eigenvalue weighted by Gasteiger charge is -2.24. The van der Waals surface area contributed by atoms with Crippen molar-refractivity contribution in [2.24, 2.45) is 0 Å². The predicted octanol–water partition coefficient (Wildman–Crippen LogP) is 3.79. The van der Waals surface area contributed by atoms with E-state index in [0.29, 0.717) is 25.3 Å². The van der Waals surface area contributed by atoms with Gasteiger partial charge in [-0.15, -0.1) is 0 Å². The van der Waals surface area contributed by atoms with E-state index < -0.39 is 28.3 Å². The zero-order valence-corrected chi connectivity index (χ0v) is 19.8. The van der Waals surface area contributed by atoms with Crippen LogP contribution in [0.4, 0.5) is 10.1 Å². The van der Waals surface area contributed by atoms with Gasteiger partial charge in [0.1, 0.15) is 23.9 Å². The Hall–Kier alpha value is -3.59. The molecule has 0 bridgehead atoms. The van der Waals surface area contributed by atoms with E-state index in [4.69, 9.17) is 9.47 Å². The van der Waals surface area contributed by atoms with E-state index in [1.165, 1.54) is 12.1 Å². The molecule has 0 aliphatic heterocycles. The maximum Gasteiger partial charge on any atom is 0.264 e. The highest BCUT2D eigenvalue weighted by atomic mass is 32.2. The number of carbonyl (C=O) groups is 1. The maximum absolute atomic E-state index is 13.4. The summed E-state index contributed by atoms with van der Waals surface area (Å²) in [5.74, 6) is 0.301. The van der Waals surface area contributed by atoms with Crippen LogP contribution in [0.5, 0.6) is 11.5 Å². The number of carbonyl (C=O) groups excluding carboxylic acids is 1. The molecular weight excluding hydrogens is 459 g/mol. The predicted molar refractivity (Wildman–Crippen MR) is 128 cm³/mol. The van der Waals surface area contributed by atoms with E-state index in [1.807, 2.05) is 31.2 Å². The zero-order valence-electron chi connectivity index (χ0n) is 19.0. The van der Waals surface area contributed by atoms with E-state index in [0.717, 1.165) is 27.8 Å². The summed E-state index contributed by atoms with van der Waals surface area (Å²) in [6.07, 6.45) is 0.573. The first kappa shape index (κ1) is 25.0. The summed E-state index contributed by atoms with van der Waals surface area (Å²) in [5, 5.41) is 2.76. The number of hydrogen-bond acceptors (Lipinski definition) is 5. The van der Waals surface area contributed by atoms with Gasteiger partial charge in [0.2, 0.25) is 5.91 Å². The Morgan fingerprint density at radius 3 is 2.15 bits per heavy atom. The molecule has 0 spiro atoms. The first-order valence-electron chi connectivity index (χ1n) is 10.7. The van der Waals surface area contributed by atoms with Gasteiger partial charge in [0.25, 0.3) is 10.0 Å². The lowest BCUT2D eigenvalue weighted by atomic mass is 10.1. The first-order valence-corrected chi connectivity index (χ1v) is 12.2. The van der Waals surface area contributed by atoms with Crippen LogP contribution in [-0.2, 0) is 21.2 Å². The lowest BCUT2D eigenvalue weighted by Crippen LogP contribution is -2.41. The minimum absolute atomic E-state index is 0.117. The van der Waals surface area contributed by atoms with Crippen LogP contribution in [0.2, 0.25) is 0 Å². The van der Waals surface area contributed by atoms with Gasteiger partial charge >= 0.3 is 0 Å².